The van der Waals surface area contributed by atoms with Crippen LogP contribution in [-0.2, 0) is 0 Å². The van der Waals surface area contributed by atoms with Crippen molar-refractivity contribution in [2.24, 2.45) is 5.92 Å². The number of ether oxygens (including phenoxy) is 1. The molecule has 1 aromatic rings. The number of nitrogen functional groups attached to an aromatic ring is 1. The monoisotopic (exact) mass is 264 g/mol. The van der Waals surface area contributed by atoms with E-state index in [1.165, 1.54) is 0 Å². The molecule has 1 saturated heterocycles. The second kappa shape index (κ2) is 6.78. The molecule has 1 heterocycles. The summed E-state index contributed by atoms with van der Waals surface area (Å²) in [5.74, 6) is 1.25. The van der Waals surface area contributed by atoms with E-state index in [-0.39, 0.29) is 6.10 Å². The van der Waals surface area contributed by atoms with E-state index in [0.717, 1.165) is 50.5 Å². The van der Waals surface area contributed by atoms with E-state index in [4.69, 9.17) is 10.5 Å². The highest BCUT2D eigenvalue weighted by Gasteiger charge is 2.23. The number of likely N-dealkylation sites (tertiary alicyclic amines) is 1. The van der Waals surface area contributed by atoms with E-state index in [0.29, 0.717) is 5.92 Å². The Balaban J connectivity index is 1.63. The summed E-state index contributed by atoms with van der Waals surface area (Å²) in [4.78, 5) is 2.41. The molecular formula is C15H24N2O2. The number of aliphatic hydroxyl groups excluding tert-OH is 1. The fourth-order valence-electron chi connectivity index (χ4n) is 2.46. The van der Waals surface area contributed by atoms with E-state index in [1.807, 2.05) is 24.3 Å². The first-order valence-electron chi connectivity index (χ1n) is 7.04. The first-order chi connectivity index (χ1) is 9.15. The van der Waals surface area contributed by atoms with E-state index in [9.17, 15) is 5.11 Å². The summed E-state index contributed by atoms with van der Waals surface area (Å²) in [5, 5.41) is 9.68. The van der Waals surface area contributed by atoms with Crippen LogP contribution in [0.3, 0.4) is 0 Å². The molecule has 4 heteroatoms. The largest absolute Gasteiger partial charge is 0.494 e. The lowest BCUT2D eigenvalue weighted by molar-refractivity contribution is 0.0334. The van der Waals surface area contributed by atoms with Crippen molar-refractivity contribution in [2.45, 2.75) is 25.9 Å². The van der Waals surface area contributed by atoms with Gasteiger partial charge in [0, 0.05) is 25.3 Å². The number of rotatable bonds is 5. The standard InChI is InChI=1S/C15H24N2O2/c1-12-11-17(9-7-15(12)18)8-2-10-19-14-5-3-13(16)4-6-14/h3-6,12,15,18H,2,7-11,16H2,1H3. The third-order valence-electron chi connectivity index (χ3n) is 3.71. The molecule has 0 radical (unpaired) electrons. The van der Waals surface area contributed by atoms with E-state index < -0.39 is 0 Å². The van der Waals surface area contributed by atoms with Crippen molar-refractivity contribution >= 4 is 5.69 Å². The molecular weight excluding hydrogens is 240 g/mol. The summed E-state index contributed by atoms with van der Waals surface area (Å²) in [6.45, 7) is 5.85. The Morgan fingerprint density at radius 1 is 1.37 bits per heavy atom. The Kier molecular flexibility index (Phi) is 5.05. The van der Waals surface area contributed by atoms with Gasteiger partial charge in [0.1, 0.15) is 5.75 Å². The number of piperidine rings is 1. The molecule has 4 nitrogen and oxygen atoms in total. The van der Waals surface area contributed by atoms with Crippen molar-refractivity contribution in [3.63, 3.8) is 0 Å². The van der Waals surface area contributed by atoms with Gasteiger partial charge >= 0.3 is 0 Å². The van der Waals surface area contributed by atoms with Gasteiger partial charge in [-0.2, -0.15) is 0 Å². The smallest absolute Gasteiger partial charge is 0.119 e. The van der Waals surface area contributed by atoms with E-state index >= 15 is 0 Å². The Labute approximate surface area is 115 Å². The lowest BCUT2D eigenvalue weighted by Crippen LogP contribution is -2.42. The zero-order chi connectivity index (χ0) is 13.7. The average molecular weight is 264 g/mol. The molecule has 2 atom stereocenters. The second-order valence-corrected chi connectivity index (χ2v) is 5.40. The maximum atomic E-state index is 9.68. The first kappa shape index (κ1) is 14.2. The molecule has 0 saturated carbocycles. The van der Waals surface area contributed by atoms with Crippen molar-refractivity contribution in [3.05, 3.63) is 24.3 Å². The second-order valence-electron chi connectivity index (χ2n) is 5.40. The molecule has 0 bridgehead atoms. The highest BCUT2D eigenvalue weighted by atomic mass is 16.5. The van der Waals surface area contributed by atoms with Crippen LogP contribution in [0, 0.1) is 5.92 Å². The Bertz CT molecular complexity index is 380. The summed E-state index contributed by atoms with van der Waals surface area (Å²) in [6, 6.07) is 7.50. The maximum Gasteiger partial charge on any atom is 0.119 e. The van der Waals surface area contributed by atoms with Gasteiger partial charge in [0.2, 0.25) is 0 Å². The van der Waals surface area contributed by atoms with Crippen molar-refractivity contribution in [1.82, 2.24) is 4.90 Å². The van der Waals surface area contributed by atoms with Gasteiger partial charge in [0.25, 0.3) is 0 Å². The zero-order valence-electron chi connectivity index (χ0n) is 11.6. The van der Waals surface area contributed by atoms with E-state index in [1.54, 1.807) is 0 Å². The van der Waals surface area contributed by atoms with Gasteiger partial charge in [-0.1, -0.05) is 6.92 Å². The Morgan fingerprint density at radius 3 is 2.79 bits per heavy atom. The van der Waals surface area contributed by atoms with E-state index in [2.05, 4.69) is 11.8 Å². The number of hydrogen-bond acceptors (Lipinski definition) is 4. The first-order valence-corrected chi connectivity index (χ1v) is 7.04. The van der Waals surface area contributed by atoms with Gasteiger partial charge in [-0.15, -0.1) is 0 Å². The predicted molar refractivity (Wildman–Crippen MR) is 77.2 cm³/mol. The van der Waals surface area contributed by atoms with Crippen molar-refractivity contribution in [1.29, 1.82) is 0 Å². The Hall–Kier alpha value is -1.26. The fraction of sp³-hybridized carbons (Fsp3) is 0.600. The van der Waals surface area contributed by atoms with Crippen molar-refractivity contribution < 1.29 is 9.84 Å². The molecule has 0 amide bonds. The third-order valence-corrected chi connectivity index (χ3v) is 3.71. The Morgan fingerprint density at radius 2 is 2.11 bits per heavy atom. The molecule has 2 rings (SSSR count). The fourth-order valence-corrected chi connectivity index (χ4v) is 2.46. The molecule has 0 aliphatic carbocycles. The number of hydrogen-bond donors (Lipinski definition) is 2. The maximum absolute atomic E-state index is 9.68. The predicted octanol–water partition coefficient (Wildman–Crippen LogP) is 1.74. The van der Waals surface area contributed by atoms with Gasteiger partial charge in [-0.3, -0.25) is 0 Å². The van der Waals surface area contributed by atoms with Crippen LogP contribution in [0.4, 0.5) is 5.69 Å². The molecule has 2 unspecified atom stereocenters. The van der Waals surface area contributed by atoms with Crippen LogP contribution in [0.25, 0.3) is 0 Å². The molecule has 106 valence electrons. The van der Waals surface area contributed by atoms with Gasteiger partial charge in [-0.25, -0.2) is 0 Å². The highest BCUT2D eigenvalue weighted by molar-refractivity contribution is 5.41. The summed E-state index contributed by atoms with van der Waals surface area (Å²) < 4.78 is 5.67. The van der Waals surface area contributed by atoms with Crippen LogP contribution in [0.5, 0.6) is 5.75 Å². The number of benzene rings is 1. The molecule has 1 aliphatic rings. The topological polar surface area (TPSA) is 58.7 Å². The number of aliphatic hydroxyl groups is 1. The molecule has 0 spiro atoms. The number of anilines is 1. The molecule has 19 heavy (non-hydrogen) atoms. The summed E-state index contributed by atoms with van der Waals surface area (Å²) in [5.41, 5.74) is 6.38. The van der Waals surface area contributed by atoms with Crippen LogP contribution in [0.1, 0.15) is 19.8 Å². The lowest BCUT2D eigenvalue weighted by Gasteiger charge is -2.34. The van der Waals surface area contributed by atoms with Gasteiger partial charge in [0.15, 0.2) is 0 Å². The summed E-state index contributed by atoms with van der Waals surface area (Å²) >= 11 is 0. The van der Waals surface area contributed by atoms with Crippen LogP contribution in [-0.4, -0.2) is 42.4 Å². The van der Waals surface area contributed by atoms with Crippen molar-refractivity contribution in [3.8, 4) is 5.75 Å². The average Bonchev–Trinajstić information content (AvgIpc) is 2.41. The molecule has 1 aromatic carbocycles. The van der Waals surface area contributed by atoms with Crippen LogP contribution in [0.2, 0.25) is 0 Å². The lowest BCUT2D eigenvalue weighted by atomic mass is 9.97. The molecule has 1 aliphatic heterocycles. The SMILES string of the molecule is CC1CN(CCCOc2ccc(N)cc2)CCC1O. The summed E-state index contributed by atoms with van der Waals surface area (Å²) in [7, 11) is 0. The quantitative estimate of drug-likeness (QED) is 0.628. The van der Waals surface area contributed by atoms with Crippen LogP contribution in [0.15, 0.2) is 24.3 Å². The molecule has 1 fully saturated rings. The number of nitrogens with zero attached hydrogens (tertiary/aromatic N) is 1. The van der Waals surface area contributed by atoms with Gasteiger partial charge < -0.3 is 20.5 Å². The summed E-state index contributed by atoms with van der Waals surface area (Å²) in [6.07, 6.45) is 1.77. The van der Waals surface area contributed by atoms with Gasteiger partial charge in [0.05, 0.1) is 12.7 Å². The molecule has 3 N–H and O–H groups in total. The minimum absolute atomic E-state index is 0.123. The van der Waals surface area contributed by atoms with Crippen LogP contribution < -0.4 is 10.5 Å². The van der Waals surface area contributed by atoms with Gasteiger partial charge in [-0.05, 0) is 43.0 Å². The third kappa shape index (κ3) is 4.40. The zero-order valence-corrected chi connectivity index (χ0v) is 11.6. The molecule has 0 aromatic heterocycles. The highest BCUT2D eigenvalue weighted by Crippen LogP contribution is 2.17. The van der Waals surface area contributed by atoms with Crippen LogP contribution >= 0.6 is 0 Å². The van der Waals surface area contributed by atoms with Crippen molar-refractivity contribution in [2.75, 3.05) is 32.0 Å². The minimum atomic E-state index is -0.123. The minimum Gasteiger partial charge on any atom is -0.494 e. The number of nitrogens with two attached hydrogens (primary N) is 1. The normalized spacial score (nSPS) is 24.3.